The zero-order valence-corrected chi connectivity index (χ0v) is 23.8. The minimum absolute atomic E-state index is 0.0754. The molecule has 0 bridgehead atoms. The first-order valence-electron chi connectivity index (χ1n) is 14.9. The number of benzene rings is 2. The number of nitriles is 1. The predicted octanol–water partition coefficient (Wildman–Crippen LogP) is 9.38. The molecule has 1 saturated carbocycles. The molecule has 1 aliphatic rings. The summed E-state index contributed by atoms with van der Waals surface area (Å²) in [6.45, 7) is 6.58. The second kappa shape index (κ2) is 15.6. The molecule has 0 radical (unpaired) electrons. The molecule has 1 aliphatic carbocycles. The Morgan fingerprint density at radius 1 is 0.842 bits per heavy atom. The van der Waals surface area contributed by atoms with E-state index < -0.39 is 5.41 Å². The van der Waals surface area contributed by atoms with E-state index in [1.807, 2.05) is 6.92 Å². The van der Waals surface area contributed by atoms with Crippen LogP contribution in [-0.2, 0) is 9.53 Å². The Labute approximate surface area is 230 Å². The van der Waals surface area contributed by atoms with Gasteiger partial charge in [-0.15, -0.1) is 0 Å². The summed E-state index contributed by atoms with van der Waals surface area (Å²) < 4.78 is 11.7. The minimum atomic E-state index is -1.04. The summed E-state index contributed by atoms with van der Waals surface area (Å²) >= 11 is 0. The summed E-state index contributed by atoms with van der Waals surface area (Å²) in [6, 6.07) is 19.4. The molecule has 0 amide bonds. The Hall–Kier alpha value is -2.80. The highest BCUT2D eigenvalue weighted by atomic mass is 16.5. The fourth-order valence-corrected chi connectivity index (χ4v) is 5.18. The van der Waals surface area contributed by atoms with Crippen LogP contribution in [0.4, 0.5) is 0 Å². The van der Waals surface area contributed by atoms with Gasteiger partial charge in [-0.05, 0) is 80.2 Å². The van der Waals surface area contributed by atoms with E-state index in [9.17, 15) is 10.1 Å². The molecule has 2 aromatic rings. The van der Waals surface area contributed by atoms with Gasteiger partial charge in [-0.2, -0.15) is 5.26 Å². The van der Waals surface area contributed by atoms with Crippen LogP contribution in [0.1, 0.15) is 116 Å². The Morgan fingerprint density at radius 3 is 1.95 bits per heavy atom. The zero-order chi connectivity index (χ0) is 27.2. The van der Waals surface area contributed by atoms with Crippen LogP contribution in [0.15, 0.2) is 48.5 Å². The molecule has 38 heavy (non-hydrogen) atoms. The maximum atomic E-state index is 12.4. The summed E-state index contributed by atoms with van der Waals surface area (Å²) in [5.41, 5.74) is 2.72. The third kappa shape index (κ3) is 8.90. The van der Waals surface area contributed by atoms with Crippen molar-refractivity contribution in [3.05, 3.63) is 54.1 Å². The van der Waals surface area contributed by atoms with E-state index in [2.05, 4.69) is 61.5 Å². The molecule has 1 unspecified atom stereocenters. The number of carbonyl (C=O) groups excluding carboxylic acids is 1. The van der Waals surface area contributed by atoms with Gasteiger partial charge in [0.1, 0.15) is 11.9 Å². The largest absolute Gasteiger partial charge is 0.494 e. The van der Waals surface area contributed by atoms with E-state index >= 15 is 0 Å². The van der Waals surface area contributed by atoms with Crippen molar-refractivity contribution >= 4 is 5.97 Å². The van der Waals surface area contributed by atoms with Gasteiger partial charge in [-0.25, -0.2) is 0 Å². The SMILES string of the molecule is CCCCCCCCCCOc1ccc(-c2ccc(C3CCC(OC(=O)C(C)(C#N)CC)CC3)cc2)cc1. The highest BCUT2D eigenvalue weighted by molar-refractivity contribution is 5.79. The summed E-state index contributed by atoms with van der Waals surface area (Å²) in [6.07, 6.45) is 14.6. The fraction of sp³-hybridized carbons (Fsp3) is 0.588. The van der Waals surface area contributed by atoms with Crippen LogP contribution in [0.5, 0.6) is 5.75 Å². The van der Waals surface area contributed by atoms with E-state index in [-0.39, 0.29) is 12.1 Å². The van der Waals surface area contributed by atoms with Crippen molar-refractivity contribution in [3.8, 4) is 22.9 Å². The Kier molecular flexibility index (Phi) is 12.2. The zero-order valence-electron chi connectivity index (χ0n) is 23.8. The lowest BCUT2D eigenvalue weighted by atomic mass is 9.82. The van der Waals surface area contributed by atoms with Crippen LogP contribution in [-0.4, -0.2) is 18.7 Å². The third-order valence-electron chi connectivity index (χ3n) is 8.19. The number of carbonyl (C=O) groups is 1. The van der Waals surface area contributed by atoms with Crippen molar-refractivity contribution in [2.75, 3.05) is 6.61 Å². The van der Waals surface area contributed by atoms with Gasteiger partial charge in [0.2, 0.25) is 0 Å². The minimum Gasteiger partial charge on any atom is -0.494 e. The van der Waals surface area contributed by atoms with Gasteiger partial charge >= 0.3 is 5.97 Å². The van der Waals surface area contributed by atoms with Crippen LogP contribution in [0.3, 0.4) is 0 Å². The van der Waals surface area contributed by atoms with Crippen molar-refractivity contribution in [2.45, 2.75) is 116 Å². The van der Waals surface area contributed by atoms with Gasteiger partial charge in [0.15, 0.2) is 5.41 Å². The Morgan fingerprint density at radius 2 is 1.39 bits per heavy atom. The molecule has 206 valence electrons. The van der Waals surface area contributed by atoms with Crippen molar-refractivity contribution in [3.63, 3.8) is 0 Å². The van der Waals surface area contributed by atoms with E-state index in [4.69, 9.17) is 9.47 Å². The van der Waals surface area contributed by atoms with Gasteiger partial charge in [-0.1, -0.05) is 95.2 Å². The molecule has 0 aliphatic heterocycles. The highest BCUT2D eigenvalue weighted by Crippen LogP contribution is 2.36. The molecule has 4 heteroatoms. The van der Waals surface area contributed by atoms with Gasteiger partial charge in [0, 0.05) is 0 Å². The van der Waals surface area contributed by atoms with Crippen molar-refractivity contribution in [1.82, 2.24) is 0 Å². The molecule has 0 N–H and O–H groups in total. The second-order valence-corrected chi connectivity index (χ2v) is 11.1. The third-order valence-corrected chi connectivity index (χ3v) is 8.19. The predicted molar refractivity (Wildman–Crippen MR) is 155 cm³/mol. The molecule has 0 spiro atoms. The molecular formula is C34H47NO3. The monoisotopic (exact) mass is 517 g/mol. The topological polar surface area (TPSA) is 59.3 Å². The fourth-order valence-electron chi connectivity index (χ4n) is 5.18. The lowest BCUT2D eigenvalue weighted by Gasteiger charge is -2.30. The first-order chi connectivity index (χ1) is 18.5. The Balaban J connectivity index is 1.39. The average molecular weight is 518 g/mol. The number of unbranched alkanes of at least 4 members (excludes halogenated alkanes) is 7. The molecule has 0 saturated heterocycles. The Bertz CT molecular complexity index is 1000. The van der Waals surface area contributed by atoms with Gasteiger partial charge in [-0.3, -0.25) is 4.79 Å². The number of nitrogens with zero attached hydrogens (tertiary/aromatic N) is 1. The number of esters is 1. The normalized spacial score (nSPS) is 18.8. The van der Waals surface area contributed by atoms with E-state index in [1.165, 1.54) is 61.6 Å². The summed E-state index contributed by atoms with van der Waals surface area (Å²) in [7, 11) is 0. The van der Waals surface area contributed by atoms with Gasteiger partial charge < -0.3 is 9.47 Å². The maximum Gasteiger partial charge on any atom is 0.326 e. The molecule has 0 aromatic heterocycles. The molecule has 3 rings (SSSR count). The van der Waals surface area contributed by atoms with Crippen LogP contribution in [0.2, 0.25) is 0 Å². The molecular weight excluding hydrogens is 470 g/mol. The van der Waals surface area contributed by atoms with Crippen molar-refractivity contribution in [1.29, 1.82) is 5.26 Å². The molecule has 2 aromatic carbocycles. The van der Waals surface area contributed by atoms with Crippen molar-refractivity contribution < 1.29 is 14.3 Å². The lowest BCUT2D eigenvalue weighted by Crippen LogP contribution is -2.33. The molecule has 1 atom stereocenters. The number of ether oxygens (including phenoxy) is 2. The summed E-state index contributed by atoms with van der Waals surface area (Å²) in [5.74, 6) is 1.05. The van der Waals surface area contributed by atoms with E-state index in [1.54, 1.807) is 6.92 Å². The second-order valence-electron chi connectivity index (χ2n) is 11.1. The average Bonchev–Trinajstić information content (AvgIpc) is 2.96. The van der Waals surface area contributed by atoms with E-state index in [0.29, 0.717) is 12.3 Å². The van der Waals surface area contributed by atoms with Gasteiger partial charge in [0.05, 0.1) is 12.7 Å². The van der Waals surface area contributed by atoms with Crippen LogP contribution >= 0.6 is 0 Å². The highest BCUT2D eigenvalue weighted by Gasteiger charge is 2.35. The summed E-state index contributed by atoms with van der Waals surface area (Å²) in [4.78, 5) is 12.4. The summed E-state index contributed by atoms with van der Waals surface area (Å²) in [5, 5.41) is 9.32. The maximum absolute atomic E-state index is 12.4. The smallest absolute Gasteiger partial charge is 0.326 e. The number of hydrogen-bond donors (Lipinski definition) is 0. The standard InChI is InChI=1S/C34H47NO3/c1-4-6-7-8-9-10-11-12-25-37-31-21-17-29(18-22-31)27-13-15-28(16-14-27)30-19-23-32(24-20-30)38-33(36)34(3,5-2)26-35/h13-18,21-22,30,32H,4-12,19-20,23-25H2,1-3H3. The first-order valence-corrected chi connectivity index (χ1v) is 14.9. The molecule has 0 heterocycles. The van der Waals surface area contributed by atoms with Gasteiger partial charge in [0.25, 0.3) is 0 Å². The lowest BCUT2D eigenvalue weighted by molar-refractivity contribution is -0.159. The first kappa shape index (κ1) is 29.8. The molecule has 4 nitrogen and oxygen atoms in total. The van der Waals surface area contributed by atoms with E-state index in [0.717, 1.165) is 44.5 Å². The van der Waals surface area contributed by atoms with Crippen molar-refractivity contribution in [2.24, 2.45) is 5.41 Å². The van der Waals surface area contributed by atoms with Crippen LogP contribution in [0.25, 0.3) is 11.1 Å². The number of rotatable bonds is 15. The number of hydrogen-bond acceptors (Lipinski definition) is 4. The van der Waals surface area contributed by atoms with Crippen LogP contribution in [0, 0.1) is 16.7 Å². The van der Waals surface area contributed by atoms with Crippen LogP contribution < -0.4 is 4.74 Å². The molecule has 1 fully saturated rings. The quantitative estimate of drug-likeness (QED) is 0.174.